The fraction of sp³-hybridized carbons (Fsp3) is 0. The Morgan fingerprint density at radius 1 is 0.833 bits per heavy atom. The molecule has 6 heavy (non-hydrogen) atoms. The maximum Gasteiger partial charge on any atom is 1.00 e. The Balaban J connectivity index is 0. The van der Waals surface area contributed by atoms with Crippen LogP contribution in [0.2, 0.25) is 0 Å². The first-order valence-corrected chi connectivity index (χ1v) is 1.03. The second kappa shape index (κ2) is 2.98. The van der Waals surface area contributed by atoms with Crippen molar-refractivity contribution in [3.8, 4) is 0 Å². The van der Waals surface area contributed by atoms with E-state index in [1.807, 2.05) is 0 Å². The smallest absolute Gasteiger partial charge is 0.534 e. The molecule has 0 bridgehead atoms. The standard InChI is InChI=1S/BH4O4.Na/c2-1(3,4)5;/h2-5H;/q-1;+1. The van der Waals surface area contributed by atoms with Gasteiger partial charge in [0.05, 0.1) is 0 Å². The molecule has 0 aliphatic heterocycles. The van der Waals surface area contributed by atoms with Crippen LogP contribution in [0.3, 0.4) is 0 Å². The van der Waals surface area contributed by atoms with Gasteiger partial charge >= 0.3 is 36.5 Å². The predicted octanol–water partition coefficient (Wildman–Crippen LogP) is -5.60. The van der Waals surface area contributed by atoms with Crippen molar-refractivity contribution in [2.24, 2.45) is 0 Å². The van der Waals surface area contributed by atoms with Crippen LogP contribution in [0.4, 0.5) is 0 Å². The average molecular weight is 102 g/mol. The van der Waals surface area contributed by atoms with Crippen molar-refractivity contribution in [3.05, 3.63) is 0 Å². The zero-order valence-electron chi connectivity index (χ0n) is 3.37. The molecule has 0 aliphatic rings. The number of hydrogen-bond acceptors (Lipinski definition) is 4. The van der Waals surface area contributed by atoms with E-state index < -0.39 is 6.96 Å². The zero-order valence-corrected chi connectivity index (χ0v) is 5.37. The van der Waals surface area contributed by atoms with Crippen LogP contribution >= 0.6 is 0 Å². The Kier molecular flexibility index (Phi) is 4.97. The summed E-state index contributed by atoms with van der Waals surface area (Å²) in [5.41, 5.74) is 0. The van der Waals surface area contributed by atoms with E-state index in [9.17, 15) is 0 Å². The van der Waals surface area contributed by atoms with E-state index in [0.717, 1.165) is 0 Å². The van der Waals surface area contributed by atoms with E-state index in [4.69, 9.17) is 20.1 Å². The Morgan fingerprint density at radius 3 is 0.833 bits per heavy atom. The molecule has 0 spiro atoms. The van der Waals surface area contributed by atoms with E-state index in [1.165, 1.54) is 0 Å². The maximum absolute atomic E-state index is 7.25. The molecule has 6 heteroatoms. The minimum absolute atomic E-state index is 0. The van der Waals surface area contributed by atoms with Gasteiger partial charge in [-0.2, -0.15) is 0 Å². The molecule has 0 radical (unpaired) electrons. The molecule has 0 aromatic heterocycles. The molecular weight excluding hydrogens is 97.8 g/mol. The normalized spacial score (nSPS) is 10.0. The van der Waals surface area contributed by atoms with Crippen molar-refractivity contribution in [3.63, 3.8) is 0 Å². The van der Waals surface area contributed by atoms with E-state index in [-0.39, 0.29) is 29.6 Å². The van der Waals surface area contributed by atoms with Gasteiger partial charge in [-0.15, -0.1) is 0 Å². The minimum atomic E-state index is -4.00. The molecule has 32 valence electrons. The van der Waals surface area contributed by atoms with Gasteiger partial charge in [0.15, 0.2) is 0 Å². The monoisotopic (exact) mass is 102 g/mol. The molecule has 0 amide bonds. The summed E-state index contributed by atoms with van der Waals surface area (Å²) in [6.45, 7) is -4.00. The van der Waals surface area contributed by atoms with Gasteiger partial charge in [-0.25, -0.2) is 0 Å². The Hall–Kier alpha value is 0.905. The Labute approximate surface area is 56.8 Å². The summed E-state index contributed by atoms with van der Waals surface area (Å²) < 4.78 is 0. The van der Waals surface area contributed by atoms with Crippen molar-refractivity contribution in [1.82, 2.24) is 0 Å². The predicted molar refractivity (Wildman–Crippen MR) is 14.6 cm³/mol. The first-order valence-electron chi connectivity index (χ1n) is 1.03. The molecule has 0 aliphatic carbocycles. The van der Waals surface area contributed by atoms with Gasteiger partial charge in [0.1, 0.15) is 0 Å². The summed E-state index contributed by atoms with van der Waals surface area (Å²) in [7, 11) is 0. The van der Waals surface area contributed by atoms with Gasteiger partial charge < -0.3 is 20.1 Å². The first-order chi connectivity index (χ1) is 2.00. The molecule has 0 fully saturated rings. The van der Waals surface area contributed by atoms with Crippen LogP contribution in [0.5, 0.6) is 0 Å². The molecule has 0 saturated heterocycles. The fourth-order valence-corrected chi connectivity index (χ4v) is 0. The summed E-state index contributed by atoms with van der Waals surface area (Å²) in [6, 6.07) is 0. The SMILES string of the molecule is O[B-](O)(O)O.[Na+]. The van der Waals surface area contributed by atoms with Crippen molar-refractivity contribution in [2.45, 2.75) is 0 Å². The van der Waals surface area contributed by atoms with Crippen LogP contribution in [0.25, 0.3) is 0 Å². The van der Waals surface area contributed by atoms with Gasteiger partial charge in [0.2, 0.25) is 0 Å². The molecule has 0 aromatic rings. The second-order valence-electron chi connectivity index (χ2n) is 0.693. The molecule has 0 rings (SSSR count). The quantitative estimate of drug-likeness (QED) is 0.230. The largest absolute Gasteiger partial charge is 1.00 e. The third-order valence-corrected chi connectivity index (χ3v) is 0. The van der Waals surface area contributed by atoms with Gasteiger partial charge in [-0.1, -0.05) is 0 Å². The maximum atomic E-state index is 7.25. The van der Waals surface area contributed by atoms with Crippen LogP contribution in [-0.2, 0) is 0 Å². The zero-order chi connectivity index (χ0) is 4.50. The van der Waals surface area contributed by atoms with Crippen molar-refractivity contribution >= 4 is 6.96 Å². The van der Waals surface area contributed by atoms with Crippen LogP contribution < -0.4 is 29.6 Å². The summed E-state index contributed by atoms with van der Waals surface area (Å²) in [5, 5.41) is 29.0. The van der Waals surface area contributed by atoms with E-state index >= 15 is 0 Å². The number of hydrogen-bond donors (Lipinski definition) is 4. The first kappa shape index (κ1) is 10.0. The van der Waals surface area contributed by atoms with Crippen LogP contribution in [0.1, 0.15) is 0 Å². The average Bonchev–Trinajstić information content (AvgIpc) is 0.722. The third kappa shape index (κ3) is 91.3. The molecule has 0 atom stereocenters. The summed E-state index contributed by atoms with van der Waals surface area (Å²) in [6.07, 6.45) is 0. The van der Waals surface area contributed by atoms with Gasteiger partial charge in [0, 0.05) is 0 Å². The van der Waals surface area contributed by atoms with E-state index in [2.05, 4.69) is 0 Å². The summed E-state index contributed by atoms with van der Waals surface area (Å²) in [4.78, 5) is 0. The topological polar surface area (TPSA) is 80.9 Å². The van der Waals surface area contributed by atoms with Crippen molar-refractivity contribution in [2.75, 3.05) is 0 Å². The van der Waals surface area contributed by atoms with Crippen LogP contribution in [0.15, 0.2) is 0 Å². The molecule has 0 unspecified atom stereocenters. The minimum Gasteiger partial charge on any atom is -0.534 e. The third-order valence-electron chi connectivity index (χ3n) is 0. The fourth-order valence-electron chi connectivity index (χ4n) is 0. The molecule has 4 N–H and O–H groups in total. The summed E-state index contributed by atoms with van der Waals surface area (Å²) >= 11 is 0. The molecule has 0 saturated carbocycles. The number of rotatable bonds is 0. The van der Waals surface area contributed by atoms with Crippen LogP contribution in [0, 0.1) is 0 Å². The Morgan fingerprint density at radius 2 is 0.833 bits per heavy atom. The van der Waals surface area contributed by atoms with Crippen molar-refractivity contribution in [1.29, 1.82) is 0 Å². The molecule has 4 nitrogen and oxygen atoms in total. The summed E-state index contributed by atoms with van der Waals surface area (Å²) in [5.74, 6) is 0. The second-order valence-corrected chi connectivity index (χ2v) is 0.693. The molecule has 0 aromatic carbocycles. The van der Waals surface area contributed by atoms with Crippen LogP contribution in [-0.4, -0.2) is 27.1 Å². The van der Waals surface area contributed by atoms with E-state index in [0.29, 0.717) is 0 Å². The Bertz CT molecular complexity index is 23.0. The van der Waals surface area contributed by atoms with Gasteiger partial charge in [-0.3, -0.25) is 0 Å². The van der Waals surface area contributed by atoms with Gasteiger partial charge in [0.25, 0.3) is 0 Å². The van der Waals surface area contributed by atoms with Gasteiger partial charge in [-0.05, 0) is 0 Å². The van der Waals surface area contributed by atoms with Crippen molar-refractivity contribution < 1.29 is 49.7 Å². The molecular formula is H4BNaO4. The van der Waals surface area contributed by atoms with E-state index in [1.54, 1.807) is 0 Å². The molecule has 0 heterocycles.